The van der Waals surface area contributed by atoms with E-state index >= 15 is 0 Å². The lowest BCUT2D eigenvalue weighted by atomic mass is 9.55. The van der Waals surface area contributed by atoms with E-state index in [0.29, 0.717) is 18.2 Å². The second-order valence-electron chi connectivity index (χ2n) is 10.0. The molecule has 0 spiro atoms. The quantitative estimate of drug-likeness (QED) is 0.592. The van der Waals surface area contributed by atoms with Gasteiger partial charge in [0.25, 0.3) is 0 Å². The summed E-state index contributed by atoms with van der Waals surface area (Å²) in [6.45, 7) is 7.99. The highest BCUT2D eigenvalue weighted by atomic mass is 19.1. The fourth-order valence-corrected chi connectivity index (χ4v) is 6.43. The van der Waals surface area contributed by atoms with Gasteiger partial charge in [-0.05, 0) is 30.9 Å². The molecule has 2 heterocycles. The van der Waals surface area contributed by atoms with Gasteiger partial charge in [0, 0.05) is 50.5 Å². The number of carbonyl (C=O) groups is 1. The number of fused-ring (bicyclic) bond motifs is 2. The number of ether oxygens (including phenoxy) is 1. The summed E-state index contributed by atoms with van der Waals surface area (Å²) in [6, 6.07) is 6.89. The third-order valence-corrected chi connectivity index (χ3v) is 8.59. The van der Waals surface area contributed by atoms with Crippen LogP contribution < -0.4 is 4.90 Å². The Bertz CT molecular complexity index is 881. The van der Waals surface area contributed by atoms with Gasteiger partial charge in [-0.1, -0.05) is 37.6 Å². The third-order valence-electron chi connectivity index (χ3n) is 8.59. The van der Waals surface area contributed by atoms with E-state index in [4.69, 9.17) is 4.74 Å². The fourth-order valence-electron chi connectivity index (χ4n) is 6.43. The molecule has 1 aromatic carbocycles. The molecule has 6 heteroatoms. The SMILES string of the molecule is C[C@@H]1CCC=C2C[C@H]3OC(=O)[C@@H](CN4CCN(c5ccccc5F)CC4)[C@@H]3[C@H](O)[C@@]21C. The average Bonchev–Trinajstić information content (AvgIpc) is 3.06. The summed E-state index contributed by atoms with van der Waals surface area (Å²) >= 11 is 0. The van der Waals surface area contributed by atoms with Crippen LogP contribution in [0.25, 0.3) is 0 Å². The van der Waals surface area contributed by atoms with Crippen LogP contribution in [0, 0.1) is 29.0 Å². The molecule has 4 aliphatic rings. The van der Waals surface area contributed by atoms with Crippen molar-refractivity contribution in [3.63, 3.8) is 0 Å². The molecule has 1 N–H and O–H groups in total. The van der Waals surface area contributed by atoms with Crippen LogP contribution in [0.5, 0.6) is 0 Å². The molecule has 2 saturated heterocycles. The Morgan fingerprint density at radius 3 is 2.71 bits per heavy atom. The predicted molar refractivity (Wildman–Crippen MR) is 117 cm³/mol. The number of benzene rings is 1. The first-order valence-corrected chi connectivity index (χ1v) is 11.7. The Balaban J connectivity index is 1.28. The topological polar surface area (TPSA) is 53.0 Å². The number of carbonyl (C=O) groups excluding carboxylic acids is 1. The van der Waals surface area contributed by atoms with Crippen molar-refractivity contribution in [3.8, 4) is 0 Å². The molecule has 2 aliphatic carbocycles. The van der Waals surface area contributed by atoms with Gasteiger partial charge < -0.3 is 14.7 Å². The molecule has 5 rings (SSSR count). The van der Waals surface area contributed by atoms with E-state index in [1.54, 1.807) is 6.07 Å². The van der Waals surface area contributed by atoms with Crippen LogP contribution in [0.4, 0.5) is 10.1 Å². The summed E-state index contributed by atoms with van der Waals surface area (Å²) < 4.78 is 19.9. The molecule has 0 bridgehead atoms. The molecular weight excluding hydrogens is 395 g/mol. The lowest BCUT2D eigenvalue weighted by Gasteiger charge is -2.52. The van der Waals surface area contributed by atoms with Gasteiger partial charge >= 0.3 is 5.97 Å². The van der Waals surface area contributed by atoms with Gasteiger partial charge in [0.05, 0.1) is 17.7 Å². The number of anilines is 1. The van der Waals surface area contributed by atoms with Gasteiger partial charge in [-0.3, -0.25) is 9.69 Å². The first-order chi connectivity index (χ1) is 14.9. The van der Waals surface area contributed by atoms with Crippen LogP contribution in [0.1, 0.15) is 33.1 Å². The van der Waals surface area contributed by atoms with Crippen molar-refractivity contribution in [2.24, 2.45) is 23.2 Å². The summed E-state index contributed by atoms with van der Waals surface area (Å²) in [6.07, 6.45) is 4.36. The third kappa shape index (κ3) is 3.39. The molecule has 168 valence electrons. The number of esters is 1. The maximum atomic E-state index is 14.1. The minimum absolute atomic E-state index is 0.153. The smallest absolute Gasteiger partial charge is 0.311 e. The maximum absolute atomic E-state index is 14.1. The lowest BCUT2D eigenvalue weighted by molar-refractivity contribution is -0.145. The van der Waals surface area contributed by atoms with Gasteiger partial charge in [0.2, 0.25) is 0 Å². The minimum atomic E-state index is -0.566. The Labute approximate surface area is 183 Å². The highest BCUT2D eigenvalue weighted by molar-refractivity contribution is 5.76. The molecule has 3 fully saturated rings. The summed E-state index contributed by atoms with van der Waals surface area (Å²) in [5.41, 5.74) is 1.64. The van der Waals surface area contributed by atoms with Gasteiger partial charge in [0.1, 0.15) is 11.9 Å². The van der Waals surface area contributed by atoms with Crippen molar-refractivity contribution in [3.05, 3.63) is 41.7 Å². The van der Waals surface area contributed by atoms with E-state index in [0.717, 1.165) is 45.4 Å². The Hall–Kier alpha value is -1.92. The summed E-state index contributed by atoms with van der Waals surface area (Å²) in [4.78, 5) is 17.2. The molecule has 1 saturated carbocycles. The van der Waals surface area contributed by atoms with Crippen molar-refractivity contribution < 1.29 is 19.0 Å². The van der Waals surface area contributed by atoms with E-state index in [1.807, 2.05) is 12.1 Å². The highest BCUT2D eigenvalue weighted by Crippen LogP contribution is 2.56. The van der Waals surface area contributed by atoms with E-state index in [1.165, 1.54) is 11.6 Å². The van der Waals surface area contributed by atoms with E-state index < -0.39 is 6.10 Å². The van der Waals surface area contributed by atoms with Crippen LogP contribution in [0.3, 0.4) is 0 Å². The van der Waals surface area contributed by atoms with Gasteiger partial charge in [-0.15, -0.1) is 0 Å². The number of hydrogen-bond donors (Lipinski definition) is 1. The van der Waals surface area contributed by atoms with Gasteiger partial charge in [-0.2, -0.15) is 0 Å². The molecule has 0 amide bonds. The zero-order valence-electron chi connectivity index (χ0n) is 18.5. The van der Waals surface area contributed by atoms with Crippen molar-refractivity contribution in [2.75, 3.05) is 37.6 Å². The number of rotatable bonds is 3. The second kappa shape index (κ2) is 7.89. The number of piperazine rings is 1. The number of aliphatic hydroxyl groups is 1. The largest absolute Gasteiger partial charge is 0.461 e. The van der Waals surface area contributed by atoms with Crippen LogP contribution in [-0.4, -0.2) is 60.9 Å². The number of para-hydroxylation sites is 1. The second-order valence-corrected chi connectivity index (χ2v) is 10.0. The van der Waals surface area contributed by atoms with E-state index in [9.17, 15) is 14.3 Å². The summed E-state index contributed by atoms with van der Waals surface area (Å²) in [7, 11) is 0. The standard InChI is InChI=1S/C25H33FN2O3/c1-16-6-5-7-17-14-21-22(23(29)25(16,17)2)18(24(30)31-21)15-27-10-12-28(13-11-27)20-9-4-3-8-19(20)26/h3-4,7-9,16,18,21-23,29H,5-6,10-15H2,1-2H3/t16-,18+,21-,22+,23+,25-/m1/s1. The van der Waals surface area contributed by atoms with Gasteiger partial charge in [0.15, 0.2) is 0 Å². The molecule has 31 heavy (non-hydrogen) atoms. The summed E-state index contributed by atoms with van der Waals surface area (Å²) in [5.74, 6) is -0.417. The zero-order chi connectivity index (χ0) is 21.8. The number of aliphatic hydroxyl groups excluding tert-OH is 1. The lowest BCUT2D eigenvalue weighted by Crippen LogP contribution is -2.55. The first-order valence-electron chi connectivity index (χ1n) is 11.7. The Kier molecular flexibility index (Phi) is 5.33. The molecule has 1 aromatic rings. The zero-order valence-corrected chi connectivity index (χ0v) is 18.5. The van der Waals surface area contributed by atoms with E-state index in [-0.39, 0.29) is 35.1 Å². The van der Waals surface area contributed by atoms with Crippen LogP contribution in [0.2, 0.25) is 0 Å². The van der Waals surface area contributed by atoms with Crippen LogP contribution in [0.15, 0.2) is 35.9 Å². The Morgan fingerprint density at radius 2 is 1.97 bits per heavy atom. The average molecular weight is 429 g/mol. The fraction of sp³-hybridized carbons (Fsp3) is 0.640. The number of nitrogens with zero attached hydrogens (tertiary/aromatic N) is 2. The summed E-state index contributed by atoms with van der Waals surface area (Å²) in [5, 5.41) is 11.5. The number of allylic oxidation sites excluding steroid dienone is 1. The van der Waals surface area contributed by atoms with Crippen molar-refractivity contribution in [2.45, 2.75) is 45.3 Å². The monoisotopic (exact) mass is 428 g/mol. The molecular formula is C25H33FN2O3. The van der Waals surface area contributed by atoms with Crippen molar-refractivity contribution in [1.29, 1.82) is 0 Å². The first kappa shape index (κ1) is 21.0. The number of halogens is 1. The van der Waals surface area contributed by atoms with Crippen molar-refractivity contribution in [1.82, 2.24) is 4.90 Å². The Morgan fingerprint density at radius 1 is 1.23 bits per heavy atom. The minimum Gasteiger partial charge on any atom is -0.461 e. The normalized spacial score (nSPS) is 38.3. The molecule has 5 nitrogen and oxygen atoms in total. The van der Waals surface area contributed by atoms with Crippen LogP contribution in [-0.2, 0) is 9.53 Å². The van der Waals surface area contributed by atoms with Crippen molar-refractivity contribution >= 4 is 11.7 Å². The number of hydrogen-bond acceptors (Lipinski definition) is 5. The molecule has 0 unspecified atom stereocenters. The molecule has 2 aliphatic heterocycles. The highest BCUT2D eigenvalue weighted by Gasteiger charge is 2.59. The maximum Gasteiger partial charge on any atom is 0.311 e. The van der Waals surface area contributed by atoms with Crippen LogP contribution >= 0.6 is 0 Å². The molecule has 0 radical (unpaired) electrons. The van der Waals surface area contributed by atoms with E-state index in [2.05, 4.69) is 29.7 Å². The molecule has 6 atom stereocenters. The predicted octanol–water partition coefficient (Wildman–Crippen LogP) is 3.23. The molecule has 0 aromatic heterocycles. The van der Waals surface area contributed by atoms with Gasteiger partial charge in [-0.25, -0.2) is 4.39 Å².